The number of phenolic OH excluding ortho intramolecular Hbond substituents is 1. The van der Waals surface area contributed by atoms with E-state index in [1.807, 2.05) is 36.4 Å². The number of hydrogen-bond acceptors (Lipinski definition) is 2. The fourth-order valence-electron chi connectivity index (χ4n) is 3.75. The number of aromatic hydroxyl groups is 1. The van der Waals surface area contributed by atoms with E-state index in [1.165, 1.54) is 16.7 Å². The Morgan fingerprint density at radius 3 is 2.12 bits per heavy atom. The summed E-state index contributed by atoms with van der Waals surface area (Å²) in [5, 5.41) is 9.87. The summed E-state index contributed by atoms with van der Waals surface area (Å²) >= 11 is 0. The predicted octanol–water partition coefficient (Wildman–Crippen LogP) is 5.69. The highest BCUT2D eigenvalue weighted by Crippen LogP contribution is 2.43. The van der Waals surface area contributed by atoms with Crippen molar-refractivity contribution >= 4 is 0 Å². The van der Waals surface area contributed by atoms with E-state index in [-0.39, 0.29) is 0 Å². The van der Waals surface area contributed by atoms with Crippen molar-refractivity contribution in [2.24, 2.45) is 0 Å². The van der Waals surface area contributed by atoms with Gasteiger partial charge >= 0.3 is 0 Å². The van der Waals surface area contributed by atoms with Gasteiger partial charge in [0.05, 0.1) is 11.4 Å². The van der Waals surface area contributed by atoms with Crippen molar-refractivity contribution in [2.75, 3.05) is 0 Å². The second kappa shape index (κ2) is 5.85. The molecule has 0 atom stereocenters. The molecule has 1 aliphatic carbocycles. The molecule has 5 rings (SSSR count). The van der Waals surface area contributed by atoms with E-state index in [4.69, 9.17) is 4.98 Å². The molecule has 1 aromatic heterocycles. The summed E-state index contributed by atoms with van der Waals surface area (Å²) in [4.78, 5) is 5.00. The molecule has 2 heteroatoms. The van der Waals surface area contributed by atoms with Crippen LogP contribution in [0.2, 0.25) is 0 Å². The van der Waals surface area contributed by atoms with Crippen LogP contribution in [-0.4, -0.2) is 10.1 Å². The van der Waals surface area contributed by atoms with E-state index in [0.29, 0.717) is 5.75 Å². The Morgan fingerprint density at radius 2 is 1.38 bits per heavy atom. The highest BCUT2D eigenvalue weighted by atomic mass is 16.3. The molecule has 0 spiro atoms. The third-order valence-corrected chi connectivity index (χ3v) is 4.99. The lowest BCUT2D eigenvalue weighted by molar-refractivity contribution is 0.475. The number of aromatic nitrogens is 1. The lowest BCUT2D eigenvalue weighted by Crippen LogP contribution is -1.94. The molecule has 2 nitrogen and oxygen atoms in total. The minimum Gasteiger partial charge on any atom is -0.508 e. The maximum absolute atomic E-state index is 9.87. The van der Waals surface area contributed by atoms with Crippen LogP contribution in [0.3, 0.4) is 0 Å². The third kappa shape index (κ3) is 2.39. The number of fused-ring (bicyclic) bond motifs is 3. The maximum Gasteiger partial charge on any atom is 0.115 e. The van der Waals surface area contributed by atoms with E-state index in [2.05, 4.69) is 42.5 Å². The molecule has 3 aromatic carbocycles. The average molecular weight is 335 g/mol. The lowest BCUT2D eigenvalue weighted by atomic mass is 9.96. The second-order valence-corrected chi connectivity index (χ2v) is 6.63. The second-order valence-electron chi connectivity index (χ2n) is 6.63. The Labute approximate surface area is 152 Å². The lowest BCUT2D eigenvalue weighted by Gasteiger charge is -2.12. The van der Waals surface area contributed by atoms with E-state index >= 15 is 0 Å². The van der Waals surface area contributed by atoms with Crippen LogP contribution in [0.4, 0.5) is 0 Å². The van der Waals surface area contributed by atoms with Crippen LogP contribution in [0.25, 0.3) is 33.6 Å². The summed E-state index contributed by atoms with van der Waals surface area (Å²) in [5.41, 5.74) is 9.01. The first-order valence-electron chi connectivity index (χ1n) is 8.76. The number of rotatable bonds is 2. The Bertz CT molecular complexity index is 1100. The molecular weight excluding hydrogens is 318 g/mol. The van der Waals surface area contributed by atoms with Gasteiger partial charge in [-0.25, -0.2) is 4.98 Å². The van der Waals surface area contributed by atoms with Crippen LogP contribution in [0, 0.1) is 0 Å². The van der Waals surface area contributed by atoms with Crippen LogP contribution in [0.5, 0.6) is 5.75 Å². The van der Waals surface area contributed by atoms with Crippen molar-refractivity contribution in [3.8, 4) is 39.4 Å². The summed E-state index contributed by atoms with van der Waals surface area (Å²) in [6.07, 6.45) is 0.797. The number of nitrogens with zero attached hydrogens (tertiary/aromatic N) is 1. The van der Waals surface area contributed by atoms with Gasteiger partial charge in [-0.05, 0) is 46.5 Å². The van der Waals surface area contributed by atoms with Crippen LogP contribution in [0.15, 0.2) is 84.9 Å². The normalized spacial score (nSPS) is 11.8. The SMILES string of the molecule is Oc1ccc2c(c1)Cc1c(-c3ccccc3)cc(-c3ccccc3)nc1-2. The highest BCUT2D eigenvalue weighted by Gasteiger charge is 2.25. The third-order valence-electron chi connectivity index (χ3n) is 4.99. The standard InChI is InChI=1S/C24H17NO/c26-19-11-12-20-18(13-19)14-22-21(16-7-3-1-4-8-16)15-23(25-24(20)22)17-9-5-2-6-10-17/h1-13,15,26H,14H2. The van der Waals surface area contributed by atoms with Gasteiger partial charge < -0.3 is 5.11 Å². The zero-order valence-electron chi connectivity index (χ0n) is 14.2. The molecule has 1 N–H and O–H groups in total. The Balaban J connectivity index is 1.79. The molecular formula is C24H17NO. The van der Waals surface area contributed by atoms with Crippen molar-refractivity contribution in [3.05, 3.63) is 96.1 Å². The number of phenols is 1. The van der Waals surface area contributed by atoms with Gasteiger partial charge in [0.25, 0.3) is 0 Å². The summed E-state index contributed by atoms with van der Waals surface area (Å²) in [7, 11) is 0. The summed E-state index contributed by atoms with van der Waals surface area (Å²) in [5.74, 6) is 0.307. The zero-order valence-corrected chi connectivity index (χ0v) is 14.2. The number of pyridine rings is 1. The topological polar surface area (TPSA) is 33.1 Å². The largest absolute Gasteiger partial charge is 0.508 e. The minimum absolute atomic E-state index is 0.307. The molecule has 0 bridgehead atoms. The van der Waals surface area contributed by atoms with Crippen molar-refractivity contribution in [2.45, 2.75) is 6.42 Å². The van der Waals surface area contributed by atoms with Gasteiger partial charge in [0.1, 0.15) is 5.75 Å². The molecule has 1 aliphatic rings. The fraction of sp³-hybridized carbons (Fsp3) is 0.0417. The van der Waals surface area contributed by atoms with Crippen molar-refractivity contribution in [1.29, 1.82) is 0 Å². The molecule has 0 saturated heterocycles. The monoisotopic (exact) mass is 335 g/mol. The summed E-state index contributed by atoms with van der Waals surface area (Å²) in [6, 6.07) is 28.5. The molecule has 4 aromatic rings. The van der Waals surface area contributed by atoms with Crippen LogP contribution in [-0.2, 0) is 6.42 Å². The molecule has 0 radical (unpaired) electrons. The summed E-state index contributed by atoms with van der Waals surface area (Å²) < 4.78 is 0. The van der Waals surface area contributed by atoms with Gasteiger partial charge in [-0.15, -0.1) is 0 Å². The van der Waals surface area contributed by atoms with Crippen LogP contribution < -0.4 is 0 Å². The molecule has 0 aliphatic heterocycles. The molecule has 0 amide bonds. The van der Waals surface area contributed by atoms with E-state index in [1.54, 1.807) is 6.07 Å². The molecule has 0 unspecified atom stereocenters. The van der Waals surface area contributed by atoms with Gasteiger partial charge in [0, 0.05) is 17.5 Å². The van der Waals surface area contributed by atoms with E-state index < -0.39 is 0 Å². The Hall–Kier alpha value is -3.39. The van der Waals surface area contributed by atoms with E-state index in [0.717, 1.165) is 34.5 Å². The first kappa shape index (κ1) is 14.9. The molecule has 0 fully saturated rings. The smallest absolute Gasteiger partial charge is 0.115 e. The van der Waals surface area contributed by atoms with Crippen LogP contribution in [0.1, 0.15) is 11.1 Å². The average Bonchev–Trinajstić information content (AvgIpc) is 3.06. The van der Waals surface area contributed by atoms with Gasteiger partial charge in [-0.3, -0.25) is 0 Å². The zero-order chi connectivity index (χ0) is 17.5. The maximum atomic E-state index is 9.87. The van der Waals surface area contributed by atoms with Crippen molar-refractivity contribution in [3.63, 3.8) is 0 Å². The molecule has 0 saturated carbocycles. The van der Waals surface area contributed by atoms with Gasteiger partial charge in [0.15, 0.2) is 0 Å². The van der Waals surface area contributed by atoms with Crippen molar-refractivity contribution < 1.29 is 5.11 Å². The first-order chi connectivity index (χ1) is 12.8. The van der Waals surface area contributed by atoms with Crippen LogP contribution >= 0.6 is 0 Å². The van der Waals surface area contributed by atoms with Gasteiger partial charge in [-0.1, -0.05) is 60.7 Å². The summed E-state index contributed by atoms with van der Waals surface area (Å²) in [6.45, 7) is 0. The van der Waals surface area contributed by atoms with Gasteiger partial charge in [-0.2, -0.15) is 0 Å². The van der Waals surface area contributed by atoms with E-state index in [9.17, 15) is 5.11 Å². The number of hydrogen-bond donors (Lipinski definition) is 1. The highest BCUT2D eigenvalue weighted by molar-refractivity contribution is 5.85. The van der Waals surface area contributed by atoms with Crippen molar-refractivity contribution in [1.82, 2.24) is 4.98 Å². The van der Waals surface area contributed by atoms with Gasteiger partial charge in [0.2, 0.25) is 0 Å². The molecule has 26 heavy (non-hydrogen) atoms. The Morgan fingerprint density at radius 1 is 0.692 bits per heavy atom. The molecule has 1 heterocycles. The molecule has 124 valence electrons. The predicted molar refractivity (Wildman–Crippen MR) is 105 cm³/mol. The first-order valence-corrected chi connectivity index (χ1v) is 8.76. The number of benzene rings is 3. The Kier molecular flexibility index (Phi) is 3.36. The fourth-order valence-corrected chi connectivity index (χ4v) is 3.75. The minimum atomic E-state index is 0.307. The quantitative estimate of drug-likeness (QED) is 0.449.